The highest BCUT2D eigenvalue weighted by Crippen LogP contribution is 2.12. The summed E-state index contributed by atoms with van der Waals surface area (Å²) in [6.07, 6.45) is 5.26. The number of benzene rings is 2. The lowest BCUT2D eigenvalue weighted by Gasteiger charge is -2.04. The van der Waals surface area contributed by atoms with E-state index >= 15 is 0 Å². The first-order valence-electron chi connectivity index (χ1n) is 10.6. The molecule has 0 spiro atoms. The third kappa shape index (κ3) is 4.74. The molecule has 0 saturated heterocycles. The molecule has 0 unspecified atom stereocenters. The van der Waals surface area contributed by atoms with Gasteiger partial charge in [-0.1, -0.05) is 61.9 Å². The number of rotatable bonds is 6. The number of aromatic nitrogens is 2. The number of thiazole rings is 1. The second-order valence-corrected chi connectivity index (χ2v) is 8.44. The van der Waals surface area contributed by atoms with Gasteiger partial charge in [-0.2, -0.15) is 5.26 Å². The van der Waals surface area contributed by atoms with Crippen LogP contribution >= 0.6 is 11.3 Å². The normalized spacial score (nSPS) is 12.3. The summed E-state index contributed by atoms with van der Waals surface area (Å²) >= 11 is 1.12. The van der Waals surface area contributed by atoms with Gasteiger partial charge >= 0.3 is 0 Å². The fourth-order valence-corrected chi connectivity index (χ4v) is 4.60. The van der Waals surface area contributed by atoms with E-state index in [2.05, 4.69) is 18.0 Å². The summed E-state index contributed by atoms with van der Waals surface area (Å²) in [7, 11) is 0. The van der Waals surface area contributed by atoms with Gasteiger partial charge in [0.05, 0.1) is 15.9 Å². The van der Waals surface area contributed by atoms with E-state index < -0.39 is 5.78 Å². The van der Waals surface area contributed by atoms with Crippen molar-refractivity contribution < 1.29 is 4.79 Å². The Labute approximate surface area is 195 Å². The van der Waals surface area contributed by atoms with E-state index in [9.17, 15) is 14.9 Å². The van der Waals surface area contributed by atoms with Crippen molar-refractivity contribution in [2.45, 2.75) is 19.8 Å². The lowest BCUT2D eigenvalue weighted by Crippen LogP contribution is -2.31. The molecule has 4 rings (SSSR count). The number of Topliss-reactive ketones (excluding diaryl/α,β-unsaturated/α-hetero) is 1. The Bertz CT molecular complexity index is 1490. The highest BCUT2D eigenvalue weighted by molar-refractivity contribution is 7.07. The van der Waals surface area contributed by atoms with E-state index in [0.717, 1.165) is 29.7 Å². The van der Waals surface area contributed by atoms with Crippen LogP contribution in [0.2, 0.25) is 0 Å². The number of hydrogen-bond acceptors (Lipinski definition) is 5. The van der Waals surface area contributed by atoms with Gasteiger partial charge < -0.3 is 0 Å². The molecule has 5 nitrogen and oxygen atoms in total. The standard InChI is InChI=1S/C27H21N3O2S/c1-2-8-19-12-14-20(15-13-19)25(31)23(18-28)27-30(22-10-4-3-5-11-22)26(32)24(33-27)17-21-9-6-7-16-29-21/h3-7,9-17H,2,8H2,1H3. The molecule has 0 N–H and O–H groups in total. The van der Waals surface area contributed by atoms with E-state index in [-0.39, 0.29) is 11.1 Å². The summed E-state index contributed by atoms with van der Waals surface area (Å²) in [6.45, 7) is 2.10. The van der Waals surface area contributed by atoms with Crippen LogP contribution in [0.1, 0.15) is 35.0 Å². The predicted octanol–water partition coefficient (Wildman–Crippen LogP) is 3.63. The van der Waals surface area contributed by atoms with Crippen molar-refractivity contribution >= 4 is 28.8 Å². The molecule has 0 aliphatic rings. The molecule has 2 aromatic carbocycles. The molecule has 0 atom stereocenters. The lowest BCUT2D eigenvalue weighted by atomic mass is 10.0. The van der Waals surface area contributed by atoms with Crippen LogP contribution < -0.4 is 14.8 Å². The fraction of sp³-hybridized carbons (Fsp3) is 0.111. The SMILES string of the molecule is CCCc1ccc(C(=O)C(C#N)=c2sc(=Cc3ccccn3)c(=O)n2-c2ccccc2)cc1. The molecular formula is C27H21N3O2S. The first kappa shape index (κ1) is 22.1. The zero-order chi connectivity index (χ0) is 23.2. The van der Waals surface area contributed by atoms with Gasteiger partial charge in [-0.15, -0.1) is 11.3 Å². The maximum absolute atomic E-state index is 13.4. The third-order valence-electron chi connectivity index (χ3n) is 5.11. The third-order valence-corrected chi connectivity index (χ3v) is 6.20. The topological polar surface area (TPSA) is 75.8 Å². The number of carbonyl (C=O) groups excluding carboxylic acids is 1. The molecule has 4 aromatic rings. The van der Waals surface area contributed by atoms with Gasteiger partial charge in [-0.05, 0) is 42.3 Å². The van der Waals surface area contributed by atoms with Crippen molar-refractivity contribution in [2.24, 2.45) is 0 Å². The zero-order valence-corrected chi connectivity index (χ0v) is 18.9. The Balaban J connectivity index is 1.96. The van der Waals surface area contributed by atoms with Gasteiger partial charge in [0.15, 0.2) is 0 Å². The van der Waals surface area contributed by atoms with Crippen molar-refractivity contribution in [1.82, 2.24) is 9.55 Å². The Hall–Kier alpha value is -4.08. The van der Waals surface area contributed by atoms with Crippen LogP contribution in [0.5, 0.6) is 0 Å². The molecule has 2 heterocycles. The number of para-hydroxylation sites is 1. The van der Waals surface area contributed by atoms with Crippen LogP contribution in [0.3, 0.4) is 0 Å². The number of hydrogen-bond donors (Lipinski definition) is 0. The molecule has 0 radical (unpaired) electrons. The van der Waals surface area contributed by atoms with E-state index in [0.29, 0.717) is 26.1 Å². The molecule has 0 aliphatic carbocycles. The predicted molar refractivity (Wildman–Crippen MR) is 131 cm³/mol. The molecule has 33 heavy (non-hydrogen) atoms. The fourth-order valence-electron chi connectivity index (χ4n) is 3.51. The molecule has 0 saturated carbocycles. The first-order valence-corrected chi connectivity index (χ1v) is 11.4. The molecule has 0 aliphatic heterocycles. The maximum atomic E-state index is 13.4. The summed E-state index contributed by atoms with van der Waals surface area (Å²) in [6, 6.07) is 23.8. The first-order chi connectivity index (χ1) is 16.1. The monoisotopic (exact) mass is 451 g/mol. The second-order valence-electron chi connectivity index (χ2n) is 7.41. The molecule has 0 fully saturated rings. The highest BCUT2D eigenvalue weighted by atomic mass is 32.1. The van der Waals surface area contributed by atoms with Crippen molar-refractivity contribution in [2.75, 3.05) is 0 Å². The second kappa shape index (κ2) is 10.0. The minimum atomic E-state index is -0.407. The minimum absolute atomic E-state index is 0.0649. The summed E-state index contributed by atoms with van der Waals surface area (Å²) in [5.74, 6) is -0.407. The van der Waals surface area contributed by atoms with Crippen molar-refractivity contribution in [1.29, 1.82) is 5.26 Å². The molecule has 0 bridgehead atoms. The molecule has 162 valence electrons. The molecular weight excluding hydrogens is 430 g/mol. The number of aryl methyl sites for hydroxylation is 1. The van der Waals surface area contributed by atoms with E-state index in [1.807, 2.05) is 36.4 Å². The Morgan fingerprint density at radius 3 is 2.42 bits per heavy atom. The zero-order valence-electron chi connectivity index (χ0n) is 18.1. The van der Waals surface area contributed by atoms with Crippen LogP contribution in [-0.2, 0) is 6.42 Å². The van der Waals surface area contributed by atoms with Crippen LogP contribution in [0.25, 0.3) is 17.3 Å². The average molecular weight is 452 g/mol. The van der Waals surface area contributed by atoms with Gasteiger partial charge in [-0.25, -0.2) is 0 Å². The Morgan fingerprint density at radius 1 is 1.06 bits per heavy atom. The van der Waals surface area contributed by atoms with Crippen molar-refractivity contribution in [3.63, 3.8) is 0 Å². The van der Waals surface area contributed by atoms with Crippen LogP contribution in [0.4, 0.5) is 0 Å². The van der Waals surface area contributed by atoms with E-state index in [1.54, 1.807) is 48.7 Å². The quantitative estimate of drug-likeness (QED) is 0.420. The van der Waals surface area contributed by atoms with Crippen LogP contribution in [-0.4, -0.2) is 15.3 Å². The van der Waals surface area contributed by atoms with Gasteiger partial charge in [0, 0.05) is 11.8 Å². The number of carbonyl (C=O) groups is 1. The van der Waals surface area contributed by atoms with E-state index in [4.69, 9.17) is 0 Å². The van der Waals surface area contributed by atoms with Gasteiger partial charge in [0.2, 0.25) is 5.78 Å². The number of pyridine rings is 1. The average Bonchev–Trinajstić information content (AvgIpc) is 3.16. The highest BCUT2D eigenvalue weighted by Gasteiger charge is 2.18. The summed E-state index contributed by atoms with van der Waals surface area (Å²) < 4.78 is 2.13. The maximum Gasteiger partial charge on any atom is 0.273 e. The number of ketones is 1. The number of nitriles is 1. The summed E-state index contributed by atoms with van der Waals surface area (Å²) in [5, 5.41) is 9.97. The largest absolute Gasteiger partial charge is 0.288 e. The molecule has 0 amide bonds. The summed E-state index contributed by atoms with van der Waals surface area (Å²) in [5.41, 5.74) is 2.40. The Kier molecular flexibility index (Phi) is 6.72. The van der Waals surface area contributed by atoms with Crippen molar-refractivity contribution in [3.05, 3.63) is 115 Å². The number of nitrogens with zero attached hydrogens (tertiary/aromatic N) is 3. The Morgan fingerprint density at radius 2 is 1.79 bits per heavy atom. The van der Waals surface area contributed by atoms with E-state index in [1.165, 1.54) is 4.57 Å². The smallest absolute Gasteiger partial charge is 0.273 e. The van der Waals surface area contributed by atoms with Gasteiger partial charge in [0.1, 0.15) is 16.3 Å². The molecule has 2 aromatic heterocycles. The molecule has 6 heteroatoms. The van der Waals surface area contributed by atoms with Crippen molar-refractivity contribution in [3.8, 4) is 11.8 Å². The minimum Gasteiger partial charge on any atom is -0.288 e. The lowest BCUT2D eigenvalue weighted by molar-refractivity contribution is 0.105. The van der Waals surface area contributed by atoms with Gasteiger partial charge in [0.25, 0.3) is 5.56 Å². The van der Waals surface area contributed by atoms with Crippen LogP contribution in [0.15, 0.2) is 83.8 Å². The van der Waals surface area contributed by atoms with Gasteiger partial charge in [-0.3, -0.25) is 19.1 Å². The van der Waals surface area contributed by atoms with Crippen LogP contribution in [0, 0.1) is 11.3 Å². The summed E-state index contributed by atoms with van der Waals surface area (Å²) in [4.78, 5) is 31.0.